The second-order valence-electron chi connectivity index (χ2n) is 7.28. The number of anilines is 2. The van der Waals surface area contributed by atoms with E-state index in [0.717, 1.165) is 29.0 Å². The Bertz CT molecular complexity index is 1440. The fourth-order valence-corrected chi connectivity index (χ4v) is 5.14. The number of thiophene rings is 1. The largest absolute Gasteiger partial charge is 0.416 e. The molecule has 4 aromatic rings. The summed E-state index contributed by atoms with van der Waals surface area (Å²) in [5.74, 6) is -0.563. The van der Waals surface area contributed by atoms with Crippen molar-refractivity contribution in [2.75, 3.05) is 10.0 Å². The molecule has 0 radical (unpaired) electrons. The molecule has 1 aromatic heterocycles. The van der Waals surface area contributed by atoms with Crippen molar-refractivity contribution in [2.45, 2.75) is 18.0 Å². The van der Waals surface area contributed by atoms with Crippen LogP contribution in [0.15, 0.2) is 77.7 Å². The molecule has 0 unspecified atom stereocenters. The van der Waals surface area contributed by atoms with E-state index in [4.69, 9.17) is 0 Å². The van der Waals surface area contributed by atoms with Gasteiger partial charge >= 0.3 is 6.18 Å². The lowest BCUT2D eigenvalue weighted by atomic mass is 10.1. The lowest BCUT2D eigenvalue weighted by Crippen LogP contribution is -2.16. The topological polar surface area (TPSA) is 75.3 Å². The second-order valence-corrected chi connectivity index (χ2v) is 10.0. The number of hydrogen-bond acceptors (Lipinski definition) is 4. The summed E-state index contributed by atoms with van der Waals surface area (Å²) in [5, 5.41) is 2.94. The first-order valence-corrected chi connectivity index (χ1v) is 11.9. The maximum Gasteiger partial charge on any atom is 0.416 e. The van der Waals surface area contributed by atoms with Crippen molar-refractivity contribution < 1.29 is 26.4 Å². The molecule has 0 saturated heterocycles. The molecule has 4 rings (SSSR count). The molecule has 0 bridgehead atoms. The molecular formula is C23H17F3N2O3S2. The van der Waals surface area contributed by atoms with Gasteiger partial charge in [0.25, 0.3) is 15.9 Å². The number of alkyl halides is 3. The smallest absolute Gasteiger partial charge is 0.319 e. The van der Waals surface area contributed by atoms with E-state index in [9.17, 15) is 26.4 Å². The normalized spacial score (nSPS) is 12.0. The number of rotatable bonds is 5. The van der Waals surface area contributed by atoms with Crippen molar-refractivity contribution in [1.29, 1.82) is 0 Å². The number of carbonyl (C=O) groups excluding carboxylic acids is 1. The van der Waals surface area contributed by atoms with Gasteiger partial charge in [-0.1, -0.05) is 29.8 Å². The third kappa shape index (κ3) is 5.01. The van der Waals surface area contributed by atoms with Gasteiger partial charge in [0, 0.05) is 4.70 Å². The number of carbonyl (C=O) groups is 1. The summed E-state index contributed by atoms with van der Waals surface area (Å²) < 4.78 is 67.3. The second kappa shape index (κ2) is 8.53. The summed E-state index contributed by atoms with van der Waals surface area (Å²) in [6.07, 6.45) is -4.48. The molecule has 0 spiro atoms. The van der Waals surface area contributed by atoms with Crippen LogP contribution in [0, 0.1) is 6.92 Å². The molecule has 3 aromatic carbocycles. The van der Waals surface area contributed by atoms with Gasteiger partial charge < -0.3 is 5.32 Å². The molecule has 33 heavy (non-hydrogen) atoms. The third-order valence-electron chi connectivity index (χ3n) is 4.82. The van der Waals surface area contributed by atoms with E-state index in [1.807, 2.05) is 6.92 Å². The van der Waals surface area contributed by atoms with E-state index in [2.05, 4.69) is 10.0 Å². The number of sulfonamides is 1. The van der Waals surface area contributed by atoms with Gasteiger partial charge in [-0.25, -0.2) is 8.42 Å². The zero-order chi connectivity index (χ0) is 23.8. The Morgan fingerprint density at radius 1 is 0.909 bits per heavy atom. The standard InChI is InChI=1S/C23H17F3N2O3S2/c1-14-6-9-17(10-7-14)33(30,31)28-19-5-3-2-4-18(19)27-22(29)21-13-15-12-16(23(24,25)26)8-11-20(15)32-21/h2-13,28H,1H3,(H,27,29). The van der Waals surface area contributed by atoms with Crippen molar-refractivity contribution in [3.05, 3.63) is 88.8 Å². The minimum absolute atomic E-state index is 0.0687. The number of nitrogens with one attached hydrogen (secondary N) is 2. The van der Waals surface area contributed by atoms with Gasteiger partial charge in [-0.2, -0.15) is 13.2 Å². The van der Waals surface area contributed by atoms with E-state index in [0.29, 0.717) is 10.1 Å². The predicted octanol–water partition coefficient (Wildman–Crippen LogP) is 6.28. The summed E-state index contributed by atoms with van der Waals surface area (Å²) in [6.45, 7) is 1.84. The monoisotopic (exact) mass is 490 g/mol. The number of fused-ring (bicyclic) bond motifs is 1. The van der Waals surface area contributed by atoms with Crippen LogP contribution in [-0.2, 0) is 16.2 Å². The Balaban J connectivity index is 1.59. The Morgan fingerprint density at radius 3 is 2.24 bits per heavy atom. The number of amides is 1. The zero-order valence-corrected chi connectivity index (χ0v) is 18.7. The van der Waals surface area contributed by atoms with Crippen LogP contribution in [0.5, 0.6) is 0 Å². The van der Waals surface area contributed by atoms with Crippen LogP contribution in [0.3, 0.4) is 0 Å². The first-order valence-electron chi connectivity index (χ1n) is 9.64. The van der Waals surface area contributed by atoms with E-state index in [1.54, 1.807) is 24.3 Å². The molecular weight excluding hydrogens is 473 g/mol. The quantitative estimate of drug-likeness (QED) is 0.346. The molecule has 1 amide bonds. The number of aryl methyl sites for hydroxylation is 1. The van der Waals surface area contributed by atoms with E-state index in [-0.39, 0.29) is 21.1 Å². The molecule has 0 saturated carbocycles. The van der Waals surface area contributed by atoms with Crippen molar-refractivity contribution >= 4 is 48.7 Å². The van der Waals surface area contributed by atoms with Crippen molar-refractivity contribution in [1.82, 2.24) is 0 Å². The van der Waals surface area contributed by atoms with Crippen molar-refractivity contribution in [3.8, 4) is 0 Å². The number of benzene rings is 3. The van der Waals surface area contributed by atoms with E-state index in [1.165, 1.54) is 36.4 Å². The molecule has 10 heteroatoms. The highest BCUT2D eigenvalue weighted by Crippen LogP contribution is 2.34. The Morgan fingerprint density at radius 2 is 1.58 bits per heavy atom. The molecule has 0 fully saturated rings. The van der Waals surface area contributed by atoms with Crippen LogP contribution in [0.25, 0.3) is 10.1 Å². The first kappa shape index (κ1) is 22.8. The van der Waals surface area contributed by atoms with Crippen LogP contribution in [-0.4, -0.2) is 14.3 Å². The average molecular weight is 491 g/mol. The minimum atomic E-state index is -4.48. The van der Waals surface area contributed by atoms with Crippen LogP contribution >= 0.6 is 11.3 Å². The van der Waals surface area contributed by atoms with Gasteiger partial charge in [0.2, 0.25) is 0 Å². The number of para-hydroxylation sites is 2. The molecule has 170 valence electrons. The van der Waals surface area contributed by atoms with Gasteiger partial charge in [0.15, 0.2) is 0 Å². The summed E-state index contributed by atoms with van der Waals surface area (Å²) in [5.41, 5.74) is 0.487. The van der Waals surface area contributed by atoms with Gasteiger partial charge in [-0.15, -0.1) is 11.3 Å². The predicted molar refractivity (Wildman–Crippen MR) is 123 cm³/mol. The van der Waals surface area contributed by atoms with Crippen LogP contribution in [0.2, 0.25) is 0 Å². The maximum absolute atomic E-state index is 13.0. The van der Waals surface area contributed by atoms with Gasteiger partial charge in [0.1, 0.15) is 0 Å². The highest BCUT2D eigenvalue weighted by molar-refractivity contribution is 7.92. The average Bonchev–Trinajstić information content (AvgIpc) is 3.18. The molecule has 0 atom stereocenters. The van der Waals surface area contributed by atoms with Crippen molar-refractivity contribution in [2.24, 2.45) is 0 Å². The van der Waals surface area contributed by atoms with Gasteiger partial charge in [-0.05, 0) is 60.8 Å². The highest BCUT2D eigenvalue weighted by atomic mass is 32.2. The van der Waals surface area contributed by atoms with E-state index < -0.39 is 27.7 Å². The Kier molecular flexibility index (Phi) is 5.89. The fraction of sp³-hybridized carbons (Fsp3) is 0.0870. The summed E-state index contributed by atoms with van der Waals surface area (Å²) in [6, 6.07) is 17.2. The maximum atomic E-state index is 13.0. The SMILES string of the molecule is Cc1ccc(S(=O)(=O)Nc2ccccc2NC(=O)c2cc3cc(C(F)(F)F)ccc3s2)cc1. The van der Waals surface area contributed by atoms with Gasteiger partial charge in [-0.3, -0.25) is 9.52 Å². The number of halogens is 3. The molecule has 0 aliphatic heterocycles. The molecule has 0 aliphatic rings. The zero-order valence-electron chi connectivity index (χ0n) is 17.1. The third-order valence-corrected chi connectivity index (χ3v) is 7.31. The molecule has 1 heterocycles. The van der Waals surface area contributed by atoms with E-state index >= 15 is 0 Å². The summed E-state index contributed by atoms with van der Waals surface area (Å²) >= 11 is 1.04. The lowest BCUT2D eigenvalue weighted by molar-refractivity contribution is -0.137. The fourth-order valence-electron chi connectivity index (χ4n) is 3.12. The molecule has 5 nitrogen and oxygen atoms in total. The van der Waals surface area contributed by atoms with Crippen LogP contribution < -0.4 is 10.0 Å². The number of hydrogen-bond donors (Lipinski definition) is 2. The highest BCUT2D eigenvalue weighted by Gasteiger charge is 2.30. The molecule has 0 aliphatic carbocycles. The Hall–Kier alpha value is -3.37. The molecule has 2 N–H and O–H groups in total. The minimum Gasteiger partial charge on any atom is -0.319 e. The first-order chi connectivity index (χ1) is 15.5. The van der Waals surface area contributed by atoms with Gasteiger partial charge in [0.05, 0.1) is 26.7 Å². The summed E-state index contributed by atoms with van der Waals surface area (Å²) in [4.78, 5) is 13.1. The summed E-state index contributed by atoms with van der Waals surface area (Å²) in [7, 11) is -3.90. The van der Waals surface area contributed by atoms with Crippen LogP contribution in [0.1, 0.15) is 20.8 Å². The Labute approximate surface area is 191 Å². The van der Waals surface area contributed by atoms with Crippen molar-refractivity contribution in [3.63, 3.8) is 0 Å². The van der Waals surface area contributed by atoms with Crippen LogP contribution in [0.4, 0.5) is 24.5 Å². The lowest BCUT2D eigenvalue weighted by Gasteiger charge is -2.13.